The highest BCUT2D eigenvalue weighted by atomic mass is 35.5. The Bertz CT molecular complexity index is 672. The summed E-state index contributed by atoms with van der Waals surface area (Å²) >= 11 is 12.0. The first kappa shape index (κ1) is 17.4. The Morgan fingerprint density at radius 2 is 1.78 bits per heavy atom. The van der Waals surface area contributed by atoms with Crippen LogP contribution in [0.1, 0.15) is 5.56 Å². The minimum absolute atomic E-state index is 0.243. The predicted molar refractivity (Wildman–Crippen MR) is 98.0 cm³/mol. The molecule has 2 aromatic carbocycles. The molecule has 0 saturated heterocycles. The number of carbonyl (C=O) groups is 1. The maximum atomic E-state index is 11.9. The van der Waals surface area contributed by atoms with Gasteiger partial charge in [-0.2, -0.15) is 0 Å². The minimum Gasteiger partial charge on any atom is -0.378 e. The number of rotatable bonds is 5. The SMILES string of the molecule is CN(C)c1ccc(NC(=O)NCCc2ccc(Cl)cc2Cl)cc1. The maximum Gasteiger partial charge on any atom is 0.319 e. The van der Waals surface area contributed by atoms with Gasteiger partial charge in [0.2, 0.25) is 0 Å². The molecule has 2 amide bonds. The third-order valence-corrected chi connectivity index (χ3v) is 3.92. The average molecular weight is 352 g/mol. The second kappa shape index (κ2) is 8.09. The lowest BCUT2D eigenvalue weighted by Gasteiger charge is -2.13. The standard InChI is InChI=1S/C17H19Cl2N3O/c1-22(2)15-7-5-14(6-8-15)21-17(23)20-10-9-12-3-4-13(18)11-16(12)19/h3-8,11H,9-10H2,1-2H3,(H2,20,21,23). The van der Waals surface area contributed by atoms with Crippen molar-refractivity contribution in [2.75, 3.05) is 30.9 Å². The molecule has 0 heterocycles. The first-order valence-electron chi connectivity index (χ1n) is 7.22. The third kappa shape index (κ3) is 5.34. The molecule has 23 heavy (non-hydrogen) atoms. The Morgan fingerprint density at radius 3 is 2.39 bits per heavy atom. The first-order valence-corrected chi connectivity index (χ1v) is 7.97. The normalized spacial score (nSPS) is 10.3. The van der Waals surface area contributed by atoms with Gasteiger partial charge in [-0.3, -0.25) is 0 Å². The van der Waals surface area contributed by atoms with Crippen LogP contribution in [-0.4, -0.2) is 26.7 Å². The fourth-order valence-electron chi connectivity index (χ4n) is 2.05. The number of urea groups is 1. The van der Waals surface area contributed by atoms with E-state index in [1.54, 1.807) is 12.1 Å². The van der Waals surface area contributed by atoms with E-state index in [0.29, 0.717) is 23.0 Å². The Labute approximate surface area is 146 Å². The number of benzene rings is 2. The van der Waals surface area contributed by atoms with Gasteiger partial charge in [0.25, 0.3) is 0 Å². The molecule has 0 atom stereocenters. The monoisotopic (exact) mass is 351 g/mol. The minimum atomic E-state index is -0.243. The van der Waals surface area contributed by atoms with Crippen LogP contribution >= 0.6 is 23.2 Å². The Morgan fingerprint density at radius 1 is 1.09 bits per heavy atom. The van der Waals surface area contributed by atoms with Gasteiger partial charge in [-0.1, -0.05) is 29.3 Å². The molecule has 0 aliphatic carbocycles. The van der Waals surface area contributed by atoms with Crippen LogP contribution in [0.25, 0.3) is 0 Å². The van der Waals surface area contributed by atoms with Gasteiger partial charge in [0.1, 0.15) is 0 Å². The zero-order valence-electron chi connectivity index (χ0n) is 13.1. The van der Waals surface area contributed by atoms with Gasteiger partial charge in [0.05, 0.1) is 0 Å². The molecular weight excluding hydrogens is 333 g/mol. The van der Waals surface area contributed by atoms with Crippen LogP contribution in [0.15, 0.2) is 42.5 Å². The molecule has 2 N–H and O–H groups in total. The smallest absolute Gasteiger partial charge is 0.319 e. The quantitative estimate of drug-likeness (QED) is 0.837. The van der Waals surface area contributed by atoms with Crippen molar-refractivity contribution < 1.29 is 4.79 Å². The third-order valence-electron chi connectivity index (χ3n) is 3.34. The number of halogens is 2. The van der Waals surface area contributed by atoms with Crippen molar-refractivity contribution >= 4 is 40.6 Å². The lowest BCUT2D eigenvalue weighted by Crippen LogP contribution is -2.30. The van der Waals surface area contributed by atoms with Crippen LogP contribution in [0, 0.1) is 0 Å². The van der Waals surface area contributed by atoms with E-state index in [-0.39, 0.29) is 6.03 Å². The highest BCUT2D eigenvalue weighted by molar-refractivity contribution is 6.35. The summed E-state index contributed by atoms with van der Waals surface area (Å²) in [5.41, 5.74) is 2.78. The van der Waals surface area contributed by atoms with Crippen LogP contribution in [0.5, 0.6) is 0 Å². The fourth-order valence-corrected chi connectivity index (χ4v) is 2.56. The molecule has 0 aliphatic heterocycles. The van der Waals surface area contributed by atoms with Crippen LogP contribution in [0.3, 0.4) is 0 Å². The van der Waals surface area contributed by atoms with Crippen LogP contribution < -0.4 is 15.5 Å². The molecule has 4 nitrogen and oxygen atoms in total. The fraction of sp³-hybridized carbons (Fsp3) is 0.235. The summed E-state index contributed by atoms with van der Waals surface area (Å²) < 4.78 is 0. The largest absolute Gasteiger partial charge is 0.378 e. The predicted octanol–water partition coefficient (Wildman–Crippen LogP) is 4.42. The van der Waals surface area contributed by atoms with E-state index in [2.05, 4.69) is 10.6 Å². The number of hydrogen-bond donors (Lipinski definition) is 2. The lowest BCUT2D eigenvalue weighted by molar-refractivity contribution is 0.252. The second-order valence-electron chi connectivity index (χ2n) is 5.31. The van der Waals surface area contributed by atoms with Crippen LogP contribution in [0.4, 0.5) is 16.2 Å². The van der Waals surface area contributed by atoms with Gasteiger partial charge < -0.3 is 15.5 Å². The number of amides is 2. The summed E-state index contributed by atoms with van der Waals surface area (Å²) in [5.74, 6) is 0. The summed E-state index contributed by atoms with van der Waals surface area (Å²) in [6.45, 7) is 0.489. The summed E-state index contributed by atoms with van der Waals surface area (Å²) in [6, 6.07) is 12.7. The molecule has 0 fully saturated rings. The van der Waals surface area contributed by atoms with E-state index >= 15 is 0 Å². The van der Waals surface area contributed by atoms with Crippen molar-refractivity contribution in [2.45, 2.75) is 6.42 Å². The molecule has 0 unspecified atom stereocenters. The number of carbonyl (C=O) groups excluding carboxylic acids is 1. The zero-order valence-corrected chi connectivity index (χ0v) is 14.6. The molecule has 0 spiro atoms. The van der Waals surface area contributed by atoms with Crippen LogP contribution in [-0.2, 0) is 6.42 Å². The number of hydrogen-bond acceptors (Lipinski definition) is 2. The molecule has 0 aromatic heterocycles. The van der Waals surface area contributed by atoms with Gasteiger partial charge in [-0.15, -0.1) is 0 Å². The van der Waals surface area contributed by atoms with Crippen molar-refractivity contribution in [1.82, 2.24) is 5.32 Å². The molecule has 0 bridgehead atoms. The molecule has 0 saturated carbocycles. The van der Waals surface area contributed by atoms with Gasteiger partial charge in [-0.05, 0) is 48.4 Å². The first-order chi connectivity index (χ1) is 11.0. The van der Waals surface area contributed by atoms with Gasteiger partial charge in [0, 0.05) is 42.1 Å². The number of nitrogens with zero attached hydrogens (tertiary/aromatic N) is 1. The Balaban J connectivity index is 1.80. The molecular formula is C17H19Cl2N3O. The molecule has 122 valence electrons. The molecule has 0 aliphatic rings. The van der Waals surface area contributed by atoms with Gasteiger partial charge in [-0.25, -0.2) is 4.79 Å². The van der Waals surface area contributed by atoms with E-state index in [0.717, 1.165) is 16.9 Å². The highest BCUT2D eigenvalue weighted by Crippen LogP contribution is 2.21. The molecule has 2 aromatic rings. The lowest BCUT2D eigenvalue weighted by atomic mass is 10.1. The van der Waals surface area contributed by atoms with Gasteiger partial charge >= 0.3 is 6.03 Å². The summed E-state index contributed by atoms with van der Waals surface area (Å²) in [4.78, 5) is 13.9. The van der Waals surface area contributed by atoms with Gasteiger partial charge in [0.15, 0.2) is 0 Å². The zero-order chi connectivity index (χ0) is 16.8. The van der Waals surface area contributed by atoms with E-state index in [9.17, 15) is 4.79 Å². The van der Waals surface area contributed by atoms with Crippen molar-refractivity contribution in [3.8, 4) is 0 Å². The van der Waals surface area contributed by atoms with Crippen molar-refractivity contribution in [2.24, 2.45) is 0 Å². The Kier molecular flexibility index (Phi) is 6.13. The van der Waals surface area contributed by atoms with Crippen molar-refractivity contribution in [3.63, 3.8) is 0 Å². The maximum absolute atomic E-state index is 11.9. The Hall–Kier alpha value is -1.91. The van der Waals surface area contributed by atoms with E-state index in [4.69, 9.17) is 23.2 Å². The number of anilines is 2. The molecule has 6 heteroatoms. The number of nitrogens with one attached hydrogen (secondary N) is 2. The second-order valence-corrected chi connectivity index (χ2v) is 6.15. The summed E-state index contributed by atoms with van der Waals surface area (Å²) in [7, 11) is 3.94. The van der Waals surface area contributed by atoms with Crippen LogP contribution in [0.2, 0.25) is 10.0 Å². The highest BCUT2D eigenvalue weighted by Gasteiger charge is 2.04. The van der Waals surface area contributed by atoms with E-state index in [1.807, 2.05) is 49.3 Å². The summed E-state index contributed by atoms with van der Waals surface area (Å²) in [6.07, 6.45) is 0.642. The van der Waals surface area contributed by atoms with Crippen molar-refractivity contribution in [3.05, 3.63) is 58.1 Å². The molecule has 0 radical (unpaired) electrons. The van der Waals surface area contributed by atoms with E-state index in [1.165, 1.54) is 0 Å². The summed E-state index contributed by atoms with van der Waals surface area (Å²) in [5, 5.41) is 6.81. The average Bonchev–Trinajstić information content (AvgIpc) is 2.50. The molecule has 2 rings (SSSR count). The topological polar surface area (TPSA) is 44.4 Å². The van der Waals surface area contributed by atoms with Crippen molar-refractivity contribution in [1.29, 1.82) is 0 Å². The van der Waals surface area contributed by atoms with E-state index < -0.39 is 0 Å².